The van der Waals surface area contributed by atoms with Crippen LogP contribution in [0.25, 0.3) is 0 Å². The van der Waals surface area contributed by atoms with E-state index in [2.05, 4.69) is 19.8 Å². The number of carbonyl (C=O) groups is 1. The van der Waals surface area contributed by atoms with Gasteiger partial charge in [-0.05, 0) is 6.07 Å². The van der Waals surface area contributed by atoms with Crippen LogP contribution in [-0.4, -0.2) is 32.8 Å². The normalized spacial score (nSPS) is 10.5. The Balaban J connectivity index is 1.98. The first-order valence-electron chi connectivity index (χ1n) is 4.93. The van der Waals surface area contributed by atoms with Crippen molar-refractivity contribution in [1.29, 1.82) is 0 Å². The van der Waals surface area contributed by atoms with E-state index in [1.54, 1.807) is 10.9 Å². The summed E-state index contributed by atoms with van der Waals surface area (Å²) in [7, 11) is 3.23. The molecule has 0 spiro atoms. The van der Waals surface area contributed by atoms with E-state index in [0.29, 0.717) is 10.9 Å². The quantitative estimate of drug-likeness (QED) is 0.654. The summed E-state index contributed by atoms with van der Waals surface area (Å²) in [6.07, 6.45) is 3.22. The molecule has 2 aromatic heterocycles. The van der Waals surface area contributed by atoms with Gasteiger partial charge in [0.2, 0.25) is 0 Å². The summed E-state index contributed by atoms with van der Waals surface area (Å²) in [5.74, 6) is 0.329. The zero-order chi connectivity index (χ0) is 12.3. The van der Waals surface area contributed by atoms with Gasteiger partial charge in [-0.15, -0.1) is 0 Å². The van der Waals surface area contributed by atoms with Gasteiger partial charge in [0.05, 0.1) is 13.3 Å². The lowest BCUT2D eigenvalue weighted by Gasteiger charge is -1.99. The number of H-pyrrole nitrogens is 1. The van der Waals surface area contributed by atoms with Crippen LogP contribution in [0.15, 0.2) is 23.6 Å². The standard InChI is InChI=1S/C10H12N4O2S/c1-14-7(3-4-12-14)6-17-10-11-5-8(13-10)9(15)16-2/h3-5H,6H2,1-2H3,(H,11,13). The molecule has 2 rings (SSSR count). The van der Waals surface area contributed by atoms with E-state index >= 15 is 0 Å². The van der Waals surface area contributed by atoms with Crippen LogP contribution in [-0.2, 0) is 17.5 Å². The minimum absolute atomic E-state index is 0.361. The molecule has 0 saturated carbocycles. The topological polar surface area (TPSA) is 72.8 Å². The minimum Gasteiger partial charge on any atom is -0.464 e. The molecule has 0 aliphatic heterocycles. The number of aryl methyl sites for hydroxylation is 1. The number of aromatic amines is 1. The van der Waals surface area contributed by atoms with Gasteiger partial charge in [0.15, 0.2) is 5.16 Å². The first-order valence-corrected chi connectivity index (χ1v) is 5.92. The predicted octanol–water partition coefficient (Wildman–Crippen LogP) is 1.22. The van der Waals surface area contributed by atoms with E-state index in [0.717, 1.165) is 11.4 Å². The van der Waals surface area contributed by atoms with Crippen LogP contribution in [0.5, 0.6) is 0 Å². The number of rotatable bonds is 4. The molecule has 0 atom stereocenters. The number of esters is 1. The van der Waals surface area contributed by atoms with Crippen LogP contribution in [0.2, 0.25) is 0 Å². The molecule has 2 aromatic rings. The Labute approximate surface area is 102 Å². The van der Waals surface area contributed by atoms with E-state index in [-0.39, 0.29) is 0 Å². The van der Waals surface area contributed by atoms with Gasteiger partial charge in [0.25, 0.3) is 0 Å². The van der Waals surface area contributed by atoms with Gasteiger partial charge in [-0.1, -0.05) is 11.8 Å². The van der Waals surface area contributed by atoms with Gasteiger partial charge in [0, 0.05) is 24.7 Å². The number of methoxy groups -OCH3 is 1. The first kappa shape index (κ1) is 11.7. The molecule has 0 aliphatic carbocycles. The number of nitrogens with one attached hydrogen (secondary N) is 1. The average molecular weight is 252 g/mol. The molecule has 17 heavy (non-hydrogen) atoms. The summed E-state index contributed by atoms with van der Waals surface area (Å²) in [5, 5.41) is 4.76. The van der Waals surface area contributed by atoms with Crippen LogP contribution in [0, 0.1) is 0 Å². The molecule has 6 nitrogen and oxygen atoms in total. The molecule has 90 valence electrons. The smallest absolute Gasteiger partial charge is 0.356 e. The van der Waals surface area contributed by atoms with Crippen LogP contribution in [0.3, 0.4) is 0 Å². The molecule has 0 bridgehead atoms. The Morgan fingerprint density at radius 1 is 1.65 bits per heavy atom. The summed E-state index contributed by atoms with van der Waals surface area (Å²) >= 11 is 1.51. The summed E-state index contributed by atoms with van der Waals surface area (Å²) in [6, 6.07) is 1.94. The average Bonchev–Trinajstić information content (AvgIpc) is 2.94. The lowest BCUT2D eigenvalue weighted by molar-refractivity contribution is 0.0594. The number of carbonyl (C=O) groups excluding carboxylic acids is 1. The maximum Gasteiger partial charge on any atom is 0.356 e. The van der Waals surface area contributed by atoms with E-state index < -0.39 is 5.97 Å². The third-order valence-electron chi connectivity index (χ3n) is 2.24. The highest BCUT2D eigenvalue weighted by Crippen LogP contribution is 2.19. The van der Waals surface area contributed by atoms with Gasteiger partial charge >= 0.3 is 5.97 Å². The number of ether oxygens (including phenoxy) is 1. The lowest BCUT2D eigenvalue weighted by atomic mass is 10.5. The van der Waals surface area contributed by atoms with Crippen molar-refractivity contribution in [3.05, 3.63) is 29.8 Å². The van der Waals surface area contributed by atoms with E-state index in [1.165, 1.54) is 25.1 Å². The van der Waals surface area contributed by atoms with Crippen LogP contribution < -0.4 is 0 Å². The second kappa shape index (κ2) is 5.05. The zero-order valence-corrected chi connectivity index (χ0v) is 10.3. The largest absolute Gasteiger partial charge is 0.464 e. The Kier molecular flexibility index (Phi) is 3.48. The minimum atomic E-state index is -0.412. The maximum atomic E-state index is 11.2. The Bertz CT molecular complexity index is 520. The highest BCUT2D eigenvalue weighted by atomic mass is 32.2. The molecule has 1 N–H and O–H groups in total. The van der Waals surface area contributed by atoms with Crippen LogP contribution >= 0.6 is 11.8 Å². The molecule has 0 aliphatic rings. The predicted molar refractivity (Wildman–Crippen MR) is 62.7 cm³/mol. The highest BCUT2D eigenvalue weighted by Gasteiger charge is 2.10. The van der Waals surface area contributed by atoms with Crippen molar-refractivity contribution in [2.24, 2.45) is 7.05 Å². The lowest BCUT2D eigenvalue weighted by Crippen LogP contribution is -2.01. The van der Waals surface area contributed by atoms with Crippen molar-refractivity contribution in [3.63, 3.8) is 0 Å². The molecule has 0 saturated heterocycles. The second-order valence-electron chi connectivity index (χ2n) is 3.33. The van der Waals surface area contributed by atoms with Gasteiger partial charge in [0.1, 0.15) is 5.69 Å². The van der Waals surface area contributed by atoms with Crippen LogP contribution in [0.4, 0.5) is 0 Å². The molecular weight excluding hydrogens is 240 g/mol. The van der Waals surface area contributed by atoms with E-state index in [9.17, 15) is 4.79 Å². The third kappa shape index (κ3) is 2.68. The number of hydrogen-bond acceptors (Lipinski definition) is 5. The first-order chi connectivity index (χ1) is 8.20. The van der Waals surface area contributed by atoms with Gasteiger partial charge in [-0.2, -0.15) is 5.10 Å². The maximum absolute atomic E-state index is 11.2. The molecule has 0 radical (unpaired) electrons. The molecule has 7 heteroatoms. The van der Waals surface area contributed by atoms with E-state index in [1.807, 2.05) is 13.1 Å². The second-order valence-corrected chi connectivity index (χ2v) is 4.29. The van der Waals surface area contributed by atoms with Gasteiger partial charge in [-0.3, -0.25) is 4.68 Å². The van der Waals surface area contributed by atoms with Crippen LogP contribution in [0.1, 0.15) is 16.2 Å². The fourth-order valence-electron chi connectivity index (χ4n) is 1.28. The number of imidazole rings is 1. The van der Waals surface area contributed by atoms with Crippen molar-refractivity contribution in [2.75, 3.05) is 7.11 Å². The summed E-state index contributed by atoms with van der Waals surface area (Å²) in [6.45, 7) is 0. The Hall–Kier alpha value is -1.76. The number of hydrogen-bond donors (Lipinski definition) is 1. The van der Waals surface area contributed by atoms with Crippen molar-refractivity contribution < 1.29 is 9.53 Å². The van der Waals surface area contributed by atoms with Crippen molar-refractivity contribution >= 4 is 17.7 Å². The molecule has 0 amide bonds. The Morgan fingerprint density at radius 2 is 2.47 bits per heavy atom. The van der Waals surface area contributed by atoms with Crippen molar-refractivity contribution in [1.82, 2.24) is 19.7 Å². The summed E-state index contributed by atoms with van der Waals surface area (Å²) < 4.78 is 6.39. The fourth-order valence-corrected chi connectivity index (χ4v) is 2.15. The fraction of sp³-hybridized carbons (Fsp3) is 0.300. The highest BCUT2D eigenvalue weighted by molar-refractivity contribution is 7.98. The van der Waals surface area contributed by atoms with Crippen molar-refractivity contribution in [2.45, 2.75) is 10.9 Å². The monoisotopic (exact) mass is 252 g/mol. The molecule has 0 fully saturated rings. The Morgan fingerprint density at radius 3 is 3.12 bits per heavy atom. The molecular formula is C10H12N4O2S. The zero-order valence-electron chi connectivity index (χ0n) is 9.51. The number of thioether (sulfide) groups is 1. The molecule has 0 aromatic carbocycles. The van der Waals surface area contributed by atoms with E-state index in [4.69, 9.17) is 0 Å². The van der Waals surface area contributed by atoms with Crippen molar-refractivity contribution in [3.8, 4) is 0 Å². The van der Waals surface area contributed by atoms with Gasteiger partial charge < -0.3 is 9.72 Å². The summed E-state index contributed by atoms with van der Waals surface area (Å²) in [5.41, 5.74) is 1.45. The molecule has 0 unspecified atom stereocenters. The SMILES string of the molecule is COC(=O)c1cnc(SCc2ccnn2C)[nH]1. The number of aromatic nitrogens is 4. The molecule has 2 heterocycles. The van der Waals surface area contributed by atoms with Gasteiger partial charge in [-0.25, -0.2) is 9.78 Å². The number of nitrogens with zero attached hydrogens (tertiary/aromatic N) is 3. The summed E-state index contributed by atoms with van der Waals surface area (Å²) in [4.78, 5) is 18.2. The third-order valence-corrected chi connectivity index (χ3v) is 3.16.